The van der Waals surface area contributed by atoms with Gasteiger partial charge in [-0.1, -0.05) is 19.1 Å². The average molecular weight is 375 g/mol. The molecule has 0 aromatic heterocycles. The molecule has 0 aliphatic carbocycles. The minimum atomic E-state index is 0.413. The van der Waals surface area contributed by atoms with E-state index < -0.39 is 0 Å². The van der Waals surface area contributed by atoms with Gasteiger partial charge in [-0.25, -0.2) is 0 Å². The molecule has 7 heteroatoms. The van der Waals surface area contributed by atoms with Gasteiger partial charge < -0.3 is 15.4 Å². The summed E-state index contributed by atoms with van der Waals surface area (Å²) < 4.78 is 5.40. The standard InChI is InChI=1S/C18H22N4OS2/c1-3-13-6-5-7-15(12-13)20-18(25)22-21-17(24)19-14-8-10-16(11-9-14)23-4-2/h5-12H,3-4H2,1-2H3,(H2,19,21,24)(H2,20,22,25). The maximum atomic E-state index is 5.40. The summed E-state index contributed by atoms with van der Waals surface area (Å²) >= 11 is 10.5. The lowest BCUT2D eigenvalue weighted by atomic mass is 10.1. The van der Waals surface area contributed by atoms with Crippen molar-refractivity contribution in [1.82, 2.24) is 10.9 Å². The number of benzene rings is 2. The maximum absolute atomic E-state index is 5.40. The molecule has 2 aromatic rings. The fraction of sp³-hybridized carbons (Fsp3) is 0.222. The van der Waals surface area contributed by atoms with E-state index in [1.165, 1.54) is 5.56 Å². The van der Waals surface area contributed by atoms with Gasteiger partial charge in [0.1, 0.15) is 5.75 Å². The Morgan fingerprint density at radius 3 is 2.12 bits per heavy atom. The summed E-state index contributed by atoms with van der Waals surface area (Å²) in [5, 5.41) is 7.02. The molecule has 0 amide bonds. The lowest BCUT2D eigenvalue weighted by Gasteiger charge is -2.15. The molecule has 0 saturated heterocycles. The molecule has 5 nitrogen and oxygen atoms in total. The Kier molecular flexibility index (Phi) is 7.43. The summed E-state index contributed by atoms with van der Waals surface area (Å²) in [7, 11) is 0. The van der Waals surface area contributed by atoms with E-state index in [-0.39, 0.29) is 0 Å². The van der Waals surface area contributed by atoms with Crippen molar-refractivity contribution in [2.75, 3.05) is 17.2 Å². The monoisotopic (exact) mass is 374 g/mol. The molecular formula is C18H22N4OS2. The van der Waals surface area contributed by atoms with E-state index in [0.717, 1.165) is 23.5 Å². The Balaban J connectivity index is 1.77. The number of aryl methyl sites for hydroxylation is 1. The van der Waals surface area contributed by atoms with Crippen LogP contribution in [0.1, 0.15) is 19.4 Å². The fourth-order valence-electron chi connectivity index (χ4n) is 2.11. The van der Waals surface area contributed by atoms with Crippen molar-refractivity contribution in [3.63, 3.8) is 0 Å². The zero-order valence-electron chi connectivity index (χ0n) is 14.3. The lowest BCUT2D eigenvalue weighted by molar-refractivity contribution is 0.340. The van der Waals surface area contributed by atoms with Crippen LogP contribution in [0, 0.1) is 0 Å². The fourth-order valence-corrected chi connectivity index (χ4v) is 2.45. The number of ether oxygens (including phenoxy) is 1. The average Bonchev–Trinajstić information content (AvgIpc) is 2.62. The minimum Gasteiger partial charge on any atom is -0.494 e. The van der Waals surface area contributed by atoms with E-state index in [4.69, 9.17) is 29.2 Å². The van der Waals surface area contributed by atoms with Crippen molar-refractivity contribution in [3.8, 4) is 5.75 Å². The zero-order valence-corrected chi connectivity index (χ0v) is 15.9. The Labute approximate surface area is 159 Å². The number of nitrogens with one attached hydrogen (secondary N) is 4. The van der Waals surface area contributed by atoms with Crippen molar-refractivity contribution in [2.45, 2.75) is 20.3 Å². The van der Waals surface area contributed by atoms with Gasteiger partial charge in [-0.3, -0.25) is 10.9 Å². The predicted molar refractivity (Wildman–Crippen MR) is 112 cm³/mol. The van der Waals surface area contributed by atoms with Crippen LogP contribution >= 0.6 is 24.4 Å². The molecule has 132 valence electrons. The topological polar surface area (TPSA) is 57.4 Å². The molecule has 0 aliphatic heterocycles. The number of hydrogen-bond acceptors (Lipinski definition) is 3. The van der Waals surface area contributed by atoms with Crippen LogP contribution in [0.3, 0.4) is 0 Å². The molecule has 25 heavy (non-hydrogen) atoms. The third kappa shape index (κ3) is 6.56. The van der Waals surface area contributed by atoms with Gasteiger partial charge in [-0.05, 0) is 79.7 Å². The molecule has 0 fully saturated rings. The van der Waals surface area contributed by atoms with Gasteiger partial charge in [0.2, 0.25) is 0 Å². The Morgan fingerprint density at radius 1 is 0.880 bits per heavy atom. The number of hydrogen-bond donors (Lipinski definition) is 4. The SMILES string of the molecule is CCOc1ccc(NC(=S)NNC(=S)Nc2cccc(CC)c2)cc1. The van der Waals surface area contributed by atoms with Crippen molar-refractivity contribution in [3.05, 3.63) is 54.1 Å². The van der Waals surface area contributed by atoms with Gasteiger partial charge >= 0.3 is 0 Å². The zero-order chi connectivity index (χ0) is 18.1. The molecule has 4 N–H and O–H groups in total. The molecule has 0 saturated carbocycles. The van der Waals surface area contributed by atoms with Crippen molar-refractivity contribution < 1.29 is 4.74 Å². The first-order valence-corrected chi connectivity index (χ1v) is 8.88. The van der Waals surface area contributed by atoms with Crippen molar-refractivity contribution in [2.24, 2.45) is 0 Å². The Hall–Kier alpha value is -2.38. The first kappa shape index (κ1) is 19.0. The minimum absolute atomic E-state index is 0.413. The molecule has 0 heterocycles. The van der Waals surface area contributed by atoms with E-state index in [9.17, 15) is 0 Å². The molecule has 2 aromatic carbocycles. The molecular weight excluding hydrogens is 352 g/mol. The lowest BCUT2D eigenvalue weighted by Crippen LogP contribution is -2.45. The van der Waals surface area contributed by atoms with Crippen LogP contribution in [0.25, 0.3) is 0 Å². The highest BCUT2D eigenvalue weighted by atomic mass is 32.1. The first-order chi connectivity index (χ1) is 12.1. The number of hydrazine groups is 1. The summed E-state index contributed by atoms with van der Waals surface area (Å²) in [5.74, 6) is 0.824. The Morgan fingerprint density at radius 2 is 1.52 bits per heavy atom. The van der Waals surface area contributed by atoms with Crippen LogP contribution in [0.5, 0.6) is 5.75 Å². The first-order valence-electron chi connectivity index (χ1n) is 8.06. The van der Waals surface area contributed by atoms with Crippen LogP contribution in [-0.2, 0) is 6.42 Å². The maximum Gasteiger partial charge on any atom is 0.189 e. The van der Waals surface area contributed by atoms with Crippen molar-refractivity contribution in [1.29, 1.82) is 0 Å². The van der Waals surface area contributed by atoms with Gasteiger partial charge in [-0.2, -0.15) is 0 Å². The predicted octanol–water partition coefficient (Wildman–Crippen LogP) is 3.84. The number of rotatable bonds is 5. The van der Waals surface area contributed by atoms with Crippen LogP contribution in [0.2, 0.25) is 0 Å². The van der Waals surface area contributed by atoms with Gasteiger partial charge in [0.15, 0.2) is 10.2 Å². The van der Waals surface area contributed by atoms with Gasteiger partial charge in [0.25, 0.3) is 0 Å². The summed E-state index contributed by atoms with van der Waals surface area (Å²) in [6.45, 7) is 4.71. The van der Waals surface area contributed by atoms with Gasteiger partial charge in [0, 0.05) is 11.4 Å². The molecule has 0 unspecified atom stereocenters. The smallest absolute Gasteiger partial charge is 0.189 e. The number of anilines is 2. The quantitative estimate of drug-likeness (QED) is 0.469. The van der Waals surface area contributed by atoms with Crippen LogP contribution in [0.15, 0.2) is 48.5 Å². The second-order valence-corrected chi connectivity index (χ2v) is 5.99. The van der Waals surface area contributed by atoms with E-state index in [2.05, 4.69) is 40.5 Å². The molecule has 0 atom stereocenters. The highest BCUT2D eigenvalue weighted by Gasteiger charge is 2.01. The Bertz CT molecular complexity index is 719. The van der Waals surface area contributed by atoms with E-state index in [1.54, 1.807) is 0 Å². The van der Waals surface area contributed by atoms with Crippen LogP contribution in [-0.4, -0.2) is 16.8 Å². The molecule has 0 spiro atoms. The van der Waals surface area contributed by atoms with Crippen molar-refractivity contribution >= 4 is 46.0 Å². The van der Waals surface area contributed by atoms with Gasteiger partial charge in [0.05, 0.1) is 6.61 Å². The van der Waals surface area contributed by atoms with Crippen LogP contribution < -0.4 is 26.2 Å². The van der Waals surface area contributed by atoms with E-state index >= 15 is 0 Å². The normalized spacial score (nSPS) is 9.84. The molecule has 0 bridgehead atoms. The van der Waals surface area contributed by atoms with Crippen LogP contribution in [0.4, 0.5) is 11.4 Å². The number of thiocarbonyl (C=S) groups is 2. The second kappa shape index (κ2) is 9.80. The third-order valence-electron chi connectivity index (χ3n) is 3.31. The molecule has 0 radical (unpaired) electrons. The summed E-state index contributed by atoms with van der Waals surface area (Å²) in [4.78, 5) is 0. The highest BCUT2D eigenvalue weighted by Crippen LogP contribution is 2.15. The molecule has 0 aliphatic rings. The summed E-state index contributed by atoms with van der Waals surface area (Å²) in [6, 6.07) is 15.7. The van der Waals surface area contributed by atoms with Gasteiger partial charge in [-0.15, -0.1) is 0 Å². The summed E-state index contributed by atoms with van der Waals surface area (Å²) in [6.07, 6.45) is 0.976. The molecule has 2 rings (SSSR count). The second-order valence-electron chi connectivity index (χ2n) is 5.17. The van der Waals surface area contributed by atoms with E-state index in [1.807, 2.05) is 43.3 Å². The highest BCUT2D eigenvalue weighted by molar-refractivity contribution is 7.81. The summed E-state index contributed by atoms with van der Waals surface area (Å²) in [5.41, 5.74) is 8.75. The van der Waals surface area contributed by atoms with E-state index in [0.29, 0.717) is 16.8 Å². The largest absolute Gasteiger partial charge is 0.494 e. The third-order valence-corrected chi connectivity index (χ3v) is 3.71.